The van der Waals surface area contributed by atoms with Gasteiger partial charge >= 0.3 is 6.18 Å². The highest BCUT2D eigenvalue weighted by atomic mass is 32.2. The quantitative estimate of drug-likeness (QED) is 0.343. The van der Waals surface area contributed by atoms with Crippen LogP contribution in [0.2, 0.25) is 0 Å². The highest BCUT2D eigenvalue weighted by Crippen LogP contribution is 2.29. The number of hydrogen-bond acceptors (Lipinski definition) is 7. The van der Waals surface area contributed by atoms with Gasteiger partial charge in [-0.25, -0.2) is 12.8 Å². The summed E-state index contributed by atoms with van der Waals surface area (Å²) in [7, 11) is -4.20. The Balaban J connectivity index is 1.39. The lowest BCUT2D eigenvalue weighted by atomic mass is 10.1. The predicted octanol–water partition coefficient (Wildman–Crippen LogP) is 4.31. The van der Waals surface area contributed by atoms with Crippen LogP contribution in [0.1, 0.15) is 24.6 Å². The number of Topliss-reactive ketones (excluding diaryl/α,β-unsaturated/α-hetero) is 1. The summed E-state index contributed by atoms with van der Waals surface area (Å²) in [4.78, 5) is 16.4. The van der Waals surface area contributed by atoms with Crippen molar-refractivity contribution in [2.75, 3.05) is 0 Å². The van der Waals surface area contributed by atoms with Crippen LogP contribution in [0.5, 0.6) is 0 Å². The number of ketones is 1. The number of fused-ring (bicyclic) bond motifs is 1. The number of aryl methyl sites for hydroxylation is 1. The minimum atomic E-state index is -4.51. The number of halogens is 4. The summed E-state index contributed by atoms with van der Waals surface area (Å²) in [6.45, 7) is 1.37. The number of alkyl halides is 3. The van der Waals surface area contributed by atoms with Crippen molar-refractivity contribution in [3.05, 3.63) is 71.9 Å². The molecule has 0 bridgehead atoms. The van der Waals surface area contributed by atoms with Gasteiger partial charge in [-0.05, 0) is 49.7 Å². The van der Waals surface area contributed by atoms with Gasteiger partial charge in [0.05, 0.1) is 29.2 Å². The molecule has 0 aliphatic heterocycles. The number of aromatic nitrogens is 3. The Hall–Kier alpha value is -3.71. The number of furan rings is 1. The van der Waals surface area contributed by atoms with Crippen LogP contribution in [0.3, 0.4) is 0 Å². The van der Waals surface area contributed by atoms with Crippen molar-refractivity contribution in [1.29, 1.82) is 0 Å². The first-order valence-electron chi connectivity index (χ1n) is 10.5. The number of rotatable bonds is 8. The Bertz CT molecular complexity index is 1520. The van der Waals surface area contributed by atoms with Crippen LogP contribution in [0.4, 0.5) is 17.6 Å². The number of carbonyl (C=O) groups is 1. The van der Waals surface area contributed by atoms with E-state index in [0.717, 1.165) is 24.3 Å². The van der Waals surface area contributed by atoms with Gasteiger partial charge < -0.3 is 4.42 Å². The third kappa shape index (κ3) is 5.74. The van der Waals surface area contributed by atoms with Crippen LogP contribution in [0, 0.1) is 5.82 Å². The number of nitrogens with one attached hydrogen (secondary N) is 1. The number of pyridine rings is 1. The largest absolute Gasteiger partial charge is 0.443 e. The number of benzene rings is 1. The van der Waals surface area contributed by atoms with Crippen molar-refractivity contribution in [3.8, 4) is 11.3 Å². The van der Waals surface area contributed by atoms with E-state index in [9.17, 15) is 30.8 Å². The molecule has 0 unspecified atom stereocenters. The zero-order valence-electron chi connectivity index (χ0n) is 18.6. The Morgan fingerprint density at radius 2 is 1.89 bits per heavy atom. The Morgan fingerprint density at radius 1 is 1.11 bits per heavy atom. The van der Waals surface area contributed by atoms with Crippen LogP contribution in [-0.4, -0.2) is 35.4 Å². The van der Waals surface area contributed by atoms with E-state index in [1.807, 2.05) is 0 Å². The molecular formula is C23H18F4N4O4S. The molecule has 0 radical (unpaired) electrons. The lowest BCUT2D eigenvalue weighted by Crippen LogP contribution is -2.38. The van der Waals surface area contributed by atoms with Gasteiger partial charge in [-0.15, -0.1) is 0 Å². The first-order valence-corrected chi connectivity index (χ1v) is 12.0. The van der Waals surface area contributed by atoms with E-state index in [1.165, 1.54) is 31.3 Å². The normalized spacial score (nSPS) is 13.1. The fraction of sp³-hybridized carbons (Fsp3) is 0.217. The SMILES string of the molecule is C[C@H](NS(=O)(=O)c1cc2cc(F)ccc2o1)C(=O)CCc1cc(-c2ccc(C(F)(F)F)cn2)cnn1. The van der Waals surface area contributed by atoms with Crippen LogP contribution in [0.25, 0.3) is 22.2 Å². The molecule has 0 saturated heterocycles. The smallest absolute Gasteiger partial charge is 0.417 e. The fourth-order valence-electron chi connectivity index (χ4n) is 3.35. The van der Waals surface area contributed by atoms with Crippen LogP contribution in [0.15, 0.2) is 64.4 Å². The number of carbonyl (C=O) groups excluding carboxylic acids is 1. The van der Waals surface area contributed by atoms with Gasteiger partial charge in [0.1, 0.15) is 11.4 Å². The van der Waals surface area contributed by atoms with Crippen molar-refractivity contribution in [2.24, 2.45) is 0 Å². The predicted molar refractivity (Wildman–Crippen MR) is 120 cm³/mol. The van der Waals surface area contributed by atoms with E-state index in [-0.39, 0.29) is 29.5 Å². The molecule has 3 heterocycles. The summed E-state index contributed by atoms with van der Waals surface area (Å²) in [5.41, 5.74) is 0.326. The van der Waals surface area contributed by atoms with Crippen LogP contribution < -0.4 is 4.72 Å². The lowest BCUT2D eigenvalue weighted by Gasteiger charge is -2.12. The molecule has 4 aromatic rings. The molecule has 188 valence electrons. The second-order valence-corrected chi connectivity index (χ2v) is 9.57. The topological polar surface area (TPSA) is 115 Å². The molecule has 0 spiro atoms. The van der Waals surface area contributed by atoms with Gasteiger partial charge in [-0.1, -0.05) is 0 Å². The molecule has 1 atom stereocenters. The Labute approximate surface area is 202 Å². The molecule has 0 fully saturated rings. The molecule has 0 aliphatic rings. The van der Waals surface area contributed by atoms with Crippen LogP contribution >= 0.6 is 0 Å². The summed E-state index contributed by atoms with van der Waals surface area (Å²) < 4.78 is 84.3. The summed E-state index contributed by atoms with van der Waals surface area (Å²) >= 11 is 0. The molecule has 13 heteroatoms. The molecule has 4 rings (SSSR count). The molecule has 8 nitrogen and oxygen atoms in total. The van der Waals surface area contributed by atoms with E-state index in [4.69, 9.17) is 4.42 Å². The monoisotopic (exact) mass is 522 g/mol. The second-order valence-electron chi connectivity index (χ2n) is 7.92. The van der Waals surface area contributed by atoms with Gasteiger partial charge in [-0.2, -0.15) is 28.1 Å². The highest BCUT2D eigenvalue weighted by molar-refractivity contribution is 7.89. The van der Waals surface area contributed by atoms with E-state index in [0.29, 0.717) is 17.5 Å². The average molecular weight is 522 g/mol. The van der Waals surface area contributed by atoms with Gasteiger partial charge in [-0.3, -0.25) is 9.78 Å². The minimum absolute atomic E-state index is 0.0897. The van der Waals surface area contributed by atoms with Gasteiger partial charge in [0.25, 0.3) is 10.0 Å². The highest BCUT2D eigenvalue weighted by Gasteiger charge is 2.30. The van der Waals surface area contributed by atoms with Crippen molar-refractivity contribution < 1.29 is 35.2 Å². The molecule has 0 amide bonds. The average Bonchev–Trinajstić information content (AvgIpc) is 3.26. The third-order valence-electron chi connectivity index (χ3n) is 5.25. The van der Waals surface area contributed by atoms with Crippen molar-refractivity contribution >= 4 is 26.8 Å². The van der Waals surface area contributed by atoms with E-state index >= 15 is 0 Å². The molecule has 1 aromatic carbocycles. The fourth-order valence-corrected chi connectivity index (χ4v) is 4.55. The van der Waals surface area contributed by atoms with Crippen LogP contribution in [-0.2, 0) is 27.4 Å². The number of sulfonamides is 1. The first kappa shape index (κ1) is 25.4. The van der Waals surface area contributed by atoms with Gasteiger partial charge in [0.2, 0.25) is 5.09 Å². The summed E-state index contributed by atoms with van der Waals surface area (Å²) in [6, 6.07) is 7.26. The van der Waals surface area contributed by atoms with Gasteiger partial charge in [0.15, 0.2) is 5.78 Å². The zero-order chi connectivity index (χ0) is 26.1. The van der Waals surface area contributed by atoms with Gasteiger partial charge in [0, 0.05) is 29.6 Å². The Kier molecular flexibility index (Phi) is 6.87. The third-order valence-corrected chi connectivity index (χ3v) is 6.65. The Morgan fingerprint density at radius 3 is 2.58 bits per heavy atom. The summed E-state index contributed by atoms with van der Waals surface area (Å²) in [6.07, 6.45) is -2.44. The molecule has 36 heavy (non-hydrogen) atoms. The van der Waals surface area contributed by atoms with Crippen molar-refractivity contribution in [2.45, 2.75) is 37.1 Å². The maximum absolute atomic E-state index is 13.4. The molecule has 0 aliphatic carbocycles. The molecule has 1 N–H and O–H groups in total. The van der Waals surface area contributed by atoms with E-state index < -0.39 is 44.5 Å². The molecule has 0 saturated carbocycles. The maximum atomic E-state index is 13.4. The lowest BCUT2D eigenvalue weighted by molar-refractivity contribution is -0.137. The van der Waals surface area contributed by atoms with E-state index in [1.54, 1.807) is 0 Å². The minimum Gasteiger partial charge on any atom is -0.443 e. The summed E-state index contributed by atoms with van der Waals surface area (Å²) in [5, 5.41) is 7.53. The van der Waals surface area contributed by atoms with Crippen molar-refractivity contribution in [1.82, 2.24) is 19.9 Å². The zero-order valence-corrected chi connectivity index (χ0v) is 19.4. The first-order chi connectivity index (χ1) is 16.9. The standard InChI is InChI=1S/C23H18F4N4O4S/c1-13(31-36(33,34)22-10-14-8-17(24)3-7-21(14)35-22)20(32)6-4-18-9-15(11-29-30-18)19-5-2-16(12-28-19)23(25,26)27/h2-3,5,7-13,31H,4,6H2,1H3/t13-/m0/s1. The van der Waals surface area contributed by atoms with Crippen molar-refractivity contribution in [3.63, 3.8) is 0 Å². The summed E-state index contributed by atoms with van der Waals surface area (Å²) in [5.74, 6) is -0.995. The van der Waals surface area contributed by atoms with E-state index in [2.05, 4.69) is 19.9 Å². The number of nitrogens with zero attached hydrogens (tertiary/aromatic N) is 3. The maximum Gasteiger partial charge on any atom is 0.417 e. The second kappa shape index (κ2) is 9.74. The number of hydrogen-bond donors (Lipinski definition) is 1. The molecule has 3 aromatic heterocycles. The molecular weight excluding hydrogens is 504 g/mol.